The molecule has 1 spiro atoms. The van der Waals surface area contributed by atoms with Crippen molar-refractivity contribution in [1.82, 2.24) is 19.9 Å². The van der Waals surface area contributed by atoms with Gasteiger partial charge in [0.25, 0.3) is 0 Å². The van der Waals surface area contributed by atoms with E-state index in [-0.39, 0.29) is 11.5 Å². The second kappa shape index (κ2) is 7.68. The van der Waals surface area contributed by atoms with Crippen molar-refractivity contribution in [3.8, 4) is 0 Å². The molecule has 0 aromatic carbocycles. The fraction of sp³-hybridized carbons (Fsp3) is 0.333. The van der Waals surface area contributed by atoms with E-state index in [4.69, 9.17) is 23.1 Å². The molecule has 0 saturated carbocycles. The molecule has 30 heavy (non-hydrogen) atoms. The number of halogens is 1. The van der Waals surface area contributed by atoms with Crippen LogP contribution >= 0.6 is 23.4 Å². The van der Waals surface area contributed by atoms with Gasteiger partial charge < -0.3 is 16.4 Å². The smallest absolute Gasteiger partial charge is 0.147 e. The summed E-state index contributed by atoms with van der Waals surface area (Å²) in [5.74, 6) is 1.31. The molecule has 3 aromatic rings. The average Bonchev–Trinajstić information content (AvgIpc) is 3.03. The normalized spacial score (nSPS) is 19.8. The number of rotatable bonds is 3. The van der Waals surface area contributed by atoms with Crippen LogP contribution in [0.5, 0.6) is 0 Å². The Bertz CT molecular complexity index is 1070. The largest absolute Gasteiger partial charge is 0.384 e. The first-order chi connectivity index (χ1) is 14.5. The van der Waals surface area contributed by atoms with E-state index in [2.05, 4.69) is 30.9 Å². The fourth-order valence-corrected chi connectivity index (χ4v) is 5.46. The highest BCUT2D eigenvalue weighted by atomic mass is 35.5. The Labute approximate surface area is 184 Å². The van der Waals surface area contributed by atoms with Gasteiger partial charge >= 0.3 is 0 Å². The van der Waals surface area contributed by atoms with E-state index in [0.29, 0.717) is 10.8 Å². The zero-order valence-electron chi connectivity index (χ0n) is 16.3. The monoisotopic (exact) mass is 439 g/mol. The summed E-state index contributed by atoms with van der Waals surface area (Å²) >= 11 is 7.62. The minimum absolute atomic E-state index is 0.0609. The van der Waals surface area contributed by atoms with Crippen LogP contribution < -0.4 is 16.4 Å². The second-order valence-corrected chi connectivity index (χ2v) is 9.37. The molecule has 0 bridgehead atoms. The van der Waals surface area contributed by atoms with Crippen molar-refractivity contribution >= 4 is 35.0 Å². The van der Waals surface area contributed by atoms with Gasteiger partial charge in [0.2, 0.25) is 0 Å². The van der Waals surface area contributed by atoms with Crippen LogP contribution in [0, 0.1) is 5.41 Å². The lowest BCUT2D eigenvalue weighted by molar-refractivity contribution is 0.186. The molecule has 0 unspecified atom stereocenters. The third kappa shape index (κ3) is 3.49. The Morgan fingerprint density at radius 1 is 1.10 bits per heavy atom. The number of piperidine rings is 1. The lowest BCUT2D eigenvalue weighted by Crippen LogP contribution is -2.44. The van der Waals surface area contributed by atoms with Gasteiger partial charge in [-0.25, -0.2) is 15.0 Å². The standard InChI is InChI=1S/C21H22ClN7S/c22-14-10-26-17(23)8-16(14)30-19-12-27-18(11-28-19)29-6-3-21(4-7-29)9-15-13(20(21)24)2-1-5-25-15/h1-2,5,8,10-12,20H,3-4,6-7,9,24H2,(H2,23,26)/t20-/m1/s1. The Morgan fingerprint density at radius 2 is 1.93 bits per heavy atom. The molecule has 4 N–H and O–H groups in total. The van der Waals surface area contributed by atoms with Crippen LogP contribution in [0.1, 0.15) is 30.1 Å². The number of nitrogen functional groups attached to an aromatic ring is 1. The average molecular weight is 440 g/mol. The van der Waals surface area contributed by atoms with Crippen molar-refractivity contribution in [2.45, 2.75) is 35.2 Å². The Balaban J connectivity index is 1.25. The summed E-state index contributed by atoms with van der Waals surface area (Å²) in [4.78, 5) is 20.8. The number of hydrogen-bond acceptors (Lipinski definition) is 8. The quantitative estimate of drug-likeness (QED) is 0.638. The number of hydrogen-bond donors (Lipinski definition) is 2. The van der Waals surface area contributed by atoms with Crippen molar-refractivity contribution in [1.29, 1.82) is 0 Å². The van der Waals surface area contributed by atoms with Crippen molar-refractivity contribution in [3.63, 3.8) is 0 Å². The van der Waals surface area contributed by atoms with Gasteiger partial charge in [-0.15, -0.1) is 0 Å². The molecular formula is C21H22ClN7S. The first kappa shape index (κ1) is 19.5. The highest BCUT2D eigenvalue weighted by Gasteiger charge is 2.46. The number of anilines is 2. The first-order valence-corrected chi connectivity index (χ1v) is 11.1. The maximum atomic E-state index is 6.64. The fourth-order valence-electron chi connectivity index (χ4n) is 4.48. The maximum Gasteiger partial charge on any atom is 0.147 e. The third-order valence-corrected chi connectivity index (χ3v) is 7.58. The molecule has 2 aliphatic rings. The summed E-state index contributed by atoms with van der Waals surface area (Å²) in [5.41, 5.74) is 14.9. The predicted octanol–water partition coefficient (Wildman–Crippen LogP) is 3.50. The summed E-state index contributed by atoms with van der Waals surface area (Å²) in [7, 11) is 0. The molecule has 1 saturated heterocycles. The number of aromatic nitrogens is 4. The topological polar surface area (TPSA) is 107 Å². The van der Waals surface area contributed by atoms with Crippen molar-refractivity contribution in [2.24, 2.45) is 11.1 Å². The van der Waals surface area contributed by atoms with Crippen LogP contribution in [-0.2, 0) is 6.42 Å². The molecular weight excluding hydrogens is 418 g/mol. The molecule has 1 aliphatic carbocycles. The van der Waals surface area contributed by atoms with Crippen molar-refractivity contribution < 1.29 is 0 Å². The summed E-state index contributed by atoms with van der Waals surface area (Å²) in [6.45, 7) is 1.82. The molecule has 1 aliphatic heterocycles. The van der Waals surface area contributed by atoms with Crippen molar-refractivity contribution in [2.75, 3.05) is 23.7 Å². The molecule has 1 atom stereocenters. The summed E-state index contributed by atoms with van der Waals surface area (Å²) in [6.07, 6.45) is 10.0. The number of nitrogens with two attached hydrogens (primary N) is 2. The Hall–Kier alpha value is -2.42. The second-order valence-electron chi connectivity index (χ2n) is 7.90. The first-order valence-electron chi connectivity index (χ1n) is 9.89. The molecule has 3 aromatic heterocycles. The minimum Gasteiger partial charge on any atom is -0.384 e. The van der Waals surface area contributed by atoms with Gasteiger partial charge in [-0.2, -0.15) is 0 Å². The number of fused-ring (bicyclic) bond motifs is 1. The highest BCUT2D eigenvalue weighted by molar-refractivity contribution is 7.99. The van der Waals surface area contributed by atoms with E-state index >= 15 is 0 Å². The third-order valence-electron chi connectivity index (χ3n) is 6.19. The lowest BCUT2D eigenvalue weighted by Gasteiger charge is -2.42. The van der Waals surface area contributed by atoms with Crippen LogP contribution in [0.3, 0.4) is 0 Å². The van der Waals surface area contributed by atoms with E-state index in [1.54, 1.807) is 18.5 Å². The SMILES string of the molecule is Nc1cc(Sc2cnc(N3CCC4(CC3)Cc3ncccc3[C@H]4N)cn2)c(Cl)cn1. The van der Waals surface area contributed by atoms with E-state index in [0.717, 1.165) is 53.8 Å². The van der Waals surface area contributed by atoms with Gasteiger partial charge in [0.15, 0.2) is 0 Å². The zero-order chi connectivity index (χ0) is 20.7. The van der Waals surface area contributed by atoms with Crippen LogP contribution in [0.4, 0.5) is 11.6 Å². The van der Waals surface area contributed by atoms with Gasteiger partial charge in [-0.05, 0) is 42.4 Å². The molecule has 7 nitrogen and oxygen atoms in total. The van der Waals surface area contributed by atoms with Gasteiger partial charge in [0, 0.05) is 42.1 Å². The molecule has 5 rings (SSSR count). The maximum absolute atomic E-state index is 6.64. The lowest BCUT2D eigenvalue weighted by atomic mass is 9.73. The molecule has 4 heterocycles. The van der Waals surface area contributed by atoms with E-state index in [1.165, 1.54) is 17.3 Å². The summed E-state index contributed by atoms with van der Waals surface area (Å²) in [5, 5.41) is 1.31. The molecule has 154 valence electrons. The molecule has 0 amide bonds. The molecule has 0 radical (unpaired) electrons. The highest BCUT2D eigenvalue weighted by Crippen LogP contribution is 2.50. The number of nitrogens with zero attached hydrogens (tertiary/aromatic N) is 5. The molecule has 1 fully saturated rings. The Morgan fingerprint density at radius 3 is 2.67 bits per heavy atom. The molecule has 9 heteroatoms. The zero-order valence-corrected chi connectivity index (χ0v) is 17.9. The summed E-state index contributed by atoms with van der Waals surface area (Å²) < 4.78 is 0. The predicted molar refractivity (Wildman–Crippen MR) is 119 cm³/mol. The van der Waals surface area contributed by atoms with Gasteiger partial charge in [0.1, 0.15) is 16.7 Å². The van der Waals surface area contributed by atoms with Crippen LogP contribution in [0.15, 0.2) is 52.9 Å². The van der Waals surface area contributed by atoms with Crippen LogP contribution in [0.2, 0.25) is 5.02 Å². The minimum atomic E-state index is 0.0609. The summed E-state index contributed by atoms with van der Waals surface area (Å²) in [6, 6.07) is 5.91. The van der Waals surface area contributed by atoms with Gasteiger partial charge in [-0.1, -0.05) is 29.4 Å². The van der Waals surface area contributed by atoms with Crippen molar-refractivity contribution in [3.05, 3.63) is 59.3 Å². The van der Waals surface area contributed by atoms with Gasteiger partial charge in [0.05, 0.1) is 17.4 Å². The van der Waals surface area contributed by atoms with Crippen LogP contribution in [0.25, 0.3) is 0 Å². The van der Waals surface area contributed by atoms with Gasteiger partial charge in [-0.3, -0.25) is 4.98 Å². The van der Waals surface area contributed by atoms with E-state index in [9.17, 15) is 0 Å². The van der Waals surface area contributed by atoms with E-state index < -0.39 is 0 Å². The van der Waals surface area contributed by atoms with E-state index in [1.807, 2.05) is 18.5 Å². The Kier molecular flexibility index (Phi) is 5.00. The van der Waals surface area contributed by atoms with Crippen LogP contribution in [-0.4, -0.2) is 33.0 Å². The number of pyridine rings is 2.